The van der Waals surface area contributed by atoms with Gasteiger partial charge in [-0.3, -0.25) is 0 Å². The predicted molar refractivity (Wildman–Crippen MR) is 296 cm³/mol. The van der Waals surface area contributed by atoms with Crippen LogP contribution in [0.25, 0.3) is 49.7 Å². The van der Waals surface area contributed by atoms with Gasteiger partial charge in [0.25, 0.3) is 0 Å². The zero-order chi connectivity index (χ0) is 48.3. The van der Waals surface area contributed by atoms with Gasteiger partial charge in [0.2, 0.25) is 0 Å². The van der Waals surface area contributed by atoms with Crippen LogP contribution in [0, 0.1) is 0 Å². The summed E-state index contributed by atoms with van der Waals surface area (Å²) in [7, 11) is 0. The molecule has 0 spiro atoms. The summed E-state index contributed by atoms with van der Waals surface area (Å²) in [6.45, 7) is 27.2. The molecule has 0 bridgehead atoms. The van der Waals surface area contributed by atoms with Gasteiger partial charge in [-0.1, -0.05) is 204 Å². The molecule has 8 aromatic carbocycles. The number of aromatic nitrogens is 1. The Labute approximate surface area is 410 Å². The average molecular weight is 913 g/mol. The van der Waals surface area contributed by atoms with Crippen LogP contribution >= 0.6 is 11.6 Å². The topological polar surface area (TPSA) is 20.2 Å². The van der Waals surface area contributed by atoms with Crippen molar-refractivity contribution in [1.29, 1.82) is 0 Å². The molecule has 0 aliphatic carbocycles. The lowest BCUT2D eigenvalue weighted by molar-refractivity contribution is 0.590. The summed E-state index contributed by atoms with van der Waals surface area (Å²) < 4.78 is 2.39. The number of nitrogens with one attached hydrogen (secondary N) is 1. The molecule has 0 fully saturated rings. The molecule has 1 aromatic heterocycles. The largest absolute Gasteiger partial charge is 0.353 e. The minimum Gasteiger partial charge on any atom is -0.353 e. The standard InChI is InChI=1S/C64H66ClN3/c1-61(2,3)44-25-22-42(23-26-44)51-37-39-57(67(49-32-27-45(28-33-49)62(4,5)6)50-34-29-46(30-35-50)63(7,8)9)59(65)60(51)66-55-38-31-47(64(10,11)12)41-54(55)43-24-36-53-52-20-16-17-21-56(52)68(58(53)40-43)48-18-14-13-15-19-48/h13-41,66H,1-12H3. The number of hydrogen-bond acceptors (Lipinski definition) is 2. The molecule has 4 heteroatoms. The van der Waals surface area contributed by atoms with Crippen molar-refractivity contribution in [2.45, 2.75) is 105 Å². The maximum absolute atomic E-state index is 8.03. The van der Waals surface area contributed by atoms with Crippen LogP contribution in [0.1, 0.15) is 105 Å². The lowest BCUT2D eigenvalue weighted by Gasteiger charge is -2.30. The van der Waals surface area contributed by atoms with Crippen LogP contribution in [0.2, 0.25) is 5.02 Å². The van der Waals surface area contributed by atoms with E-state index in [1.54, 1.807) is 0 Å². The highest BCUT2D eigenvalue weighted by Gasteiger charge is 2.26. The fraction of sp³-hybridized carbons (Fsp3) is 0.250. The predicted octanol–water partition coefficient (Wildman–Crippen LogP) is 19.2. The number of nitrogens with zero attached hydrogens (tertiary/aromatic N) is 2. The Kier molecular flexibility index (Phi) is 12.0. The van der Waals surface area contributed by atoms with Crippen LogP contribution in [-0.2, 0) is 21.7 Å². The van der Waals surface area contributed by atoms with Crippen molar-refractivity contribution >= 4 is 61.8 Å². The van der Waals surface area contributed by atoms with Gasteiger partial charge >= 0.3 is 0 Å². The van der Waals surface area contributed by atoms with Crippen molar-refractivity contribution < 1.29 is 0 Å². The molecule has 344 valence electrons. The summed E-state index contributed by atoms with van der Waals surface area (Å²) >= 11 is 8.03. The van der Waals surface area contributed by atoms with Gasteiger partial charge in [-0.15, -0.1) is 0 Å². The molecule has 3 nitrogen and oxygen atoms in total. The van der Waals surface area contributed by atoms with Gasteiger partial charge in [-0.05, 0) is 122 Å². The highest BCUT2D eigenvalue weighted by Crippen LogP contribution is 2.49. The first-order valence-electron chi connectivity index (χ1n) is 24.1. The first-order chi connectivity index (χ1) is 32.2. The van der Waals surface area contributed by atoms with E-state index in [-0.39, 0.29) is 21.7 Å². The van der Waals surface area contributed by atoms with Gasteiger partial charge < -0.3 is 14.8 Å². The Morgan fingerprint density at radius 2 is 0.897 bits per heavy atom. The summed E-state index contributed by atoms with van der Waals surface area (Å²) in [6.07, 6.45) is 0. The van der Waals surface area contributed by atoms with E-state index < -0.39 is 0 Å². The van der Waals surface area contributed by atoms with Crippen molar-refractivity contribution in [3.63, 3.8) is 0 Å². The Morgan fingerprint density at radius 3 is 1.46 bits per heavy atom. The molecule has 0 radical (unpaired) electrons. The third kappa shape index (κ3) is 9.09. The Hall–Kier alpha value is -6.55. The van der Waals surface area contributed by atoms with E-state index in [2.05, 4.69) is 274 Å². The van der Waals surface area contributed by atoms with Crippen molar-refractivity contribution in [2.24, 2.45) is 0 Å². The van der Waals surface area contributed by atoms with E-state index in [0.717, 1.165) is 61.9 Å². The Balaban J connectivity index is 1.27. The van der Waals surface area contributed by atoms with Gasteiger partial charge in [0.15, 0.2) is 0 Å². The van der Waals surface area contributed by atoms with Crippen molar-refractivity contribution in [3.05, 3.63) is 203 Å². The van der Waals surface area contributed by atoms with Crippen molar-refractivity contribution in [1.82, 2.24) is 4.57 Å². The van der Waals surface area contributed by atoms with E-state index in [1.807, 2.05) is 0 Å². The van der Waals surface area contributed by atoms with E-state index >= 15 is 0 Å². The summed E-state index contributed by atoms with van der Waals surface area (Å²) in [5.41, 5.74) is 17.6. The molecule has 1 heterocycles. The lowest BCUT2D eigenvalue weighted by atomic mass is 9.84. The third-order valence-electron chi connectivity index (χ3n) is 13.6. The number of anilines is 5. The molecule has 9 rings (SSSR count). The summed E-state index contributed by atoms with van der Waals surface area (Å²) in [4.78, 5) is 2.30. The molecular formula is C64H66ClN3. The van der Waals surface area contributed by atoms with Crippen LogP contribution in [0.3, 0.4) is 0 Å². The smallest absolute Gasteiger partial charge is 0.0887 e. The number of rotatable bonds is 8. The first kappa shape index (κ1) is 46.6. The third-order valence-corrected chi connectivity index (χ3v) is 13.9. The summed E-state index contributed by atoms with van der Waals surface area (Å²) in [6, 6.07) is 64.6. The molecule has 1 N–H and O–H groups in total. The SMILES string of the molecule is CC(C)(C)c1ccc(-c2ccc(N(c3ccc(C(C)(C)C)cc3)c3ccc(C(C)(C)C)cc3)c(Cl)c2Nc2ccc(C(C)(C)C)cc2-c2ccc3c4ccccc4n(-c4ccccc4)c3c2)cc1. The number of para-hydroxylation sites is 2. The number of hydrogen-bond donors (Lipinski definition) is 1. The number of benzene rings is 8. The van der Waals surface area contributed by atoms with Crippen molar-refractivity contribution in [2.75, 3.05) is 10.2 Å². The van der Waals surface area contributed by atoms with Gasteiger partial charge in [-0.25, -0.2) is 0 Å². The van der Waals surface area contributed by atoms with Crippen LogP contribution in [-0.4, -0.2) is 4.57 Å². The minimum atomic E-state index is -0.0839. The second kappa shape index (κ2) is 17.5. The van der Waals surface area contributed by atoms with Crippen LogP contribution < -0.4 is 10.2 Å². The highest BCUT2D eigenvalue weighted by atomic mass is 35.5. The molecule has 9 aromatic rings. The fourth-order valence-electron chi connectivity index (χ4n) is 9.39. The zero-order valence-corrected chi connectivity index (χ0v) is 42.8. The van der Waals surface area contributed by atoms with E-state index in [4.69, 9.17) is 11.6 Å². The van der Waals surface area contributed by atoms with Gasteiger partial charge in [0.1, 0.15) is 0 Å². The lowest BCUT2D eigenvalue weighted by Crippen LogP contribution is -2.15. The van der Waals surface area contributed by atoms with E-state index in [1.165, 1.54) is 38.5 Å². The average Bonchev–Trinajstić information content (AvgIpc) is 3.63. The van der Waals surface area contributed by atoms with Crippen molar-refractivity contribution in [3.8, 4) is 27.9 Å². The Morgan fingerprint density at radius 1 is 0.412 bits per heavy atom. The molecular weight excluding hydrogens is 846 g/mol. The highest BCUT2D eigenvalue weighted by molar-refractivity contribution is 6.37. The zero-order valence-electron chi connectivity index (χ0n) is 42.0. The van der Waals surface area contributed by atoms with Crippen LogP contribution in [0.15, 0.2) is 176 Å². The van der Waals surface area contributed by atoms with Crippen LogP contribution in [0.4, 0.5) is 28.4 Å². The molecule has 0 aliphatic rings. The second-order valence-corrected chi connectivity index (χ2v) is 23.0. The fourth-order valence-corrected chi connectivity index (χ4v) is 9.68. The Bertz CT molecular complexity index is 3200. The summed E-state index contributed by atoms with van der Waals surface area (Å²) in [5.74, 6) is 0. The normalized spacial score (nSPS) is 12.5. The molecule has 0 atom stereocenters. The summed E-state index contributed by atoms with van der Waals surface area (Å²) in [5, 5.41) is 7.13. The second-order valence-electron chi connectivity index (χ2n) is 22.6. The monoisotopic (exact) mass is 911 g/mol. The maximum atomic E-state index is 8.03. The quantitative estimate of drug-likeness (QED) is 0.164. The van der Waals surface area contributed by atoms with Crippen LogP contribution in [0.5, 0.6) is 0 Å². The molecule has 0 saturated carbocycles. The number of halogens is 1. The van der Waals surface area contributed by atoms with E-state index in [9.17, 15) is 0 Å². The first-order valence-corrected chi connectivity index (χ1v) is 24.5. The molecule has 0 amide bonds. The molecule has 0 aliphatic heterocycles. The van der Waals surface area contributed by atoms with Gasteiger partial charge in [-0.2, -0.15) is 0 Å². The molecule has 68 heavy (non-hydrogen) atoms. The minimum absolute atomic E-state index is 0.0134. The van der Waals surface area contributed by atoms with Gasteiger partial charge in [0.05, 0.1) is 27.4 Å². The molecule has 0 saturated heterocycles. The van der Waals surface area contributed by atoms with E-state index in [0.29, 0.717) is 5.02 Å². The maximum Gasteiger partial charge on any atom is 0.0887 e. The van der Waals surface area contributed by atoms with Gasteiger partial charge in [0, 0.05) is 44.6 Å². The number of fused-ring (bicyclic) bond motifs is 3. The molecule has 0 unspecified atom stereocenters.